The monoisotopic (exact) mass is 457 g/mol. The third kappa shape index (κ3) is 5.58. The van der Waals surface area contributed by atoms with E-state index >= 15 is 0 Å². The third-order valence-corrected chi connectivity index (χ3v) is 5.28. The van der Waals surface area contributed by atoms with Crippen molar-refractivity contribution < 1.29 is 14.0 Å². The highest BCUT2D eigenvalue weighted by Gasteiger charge is 2.10. The van der Waals surface area contributed by atoms with E-state index in [0.717, 1.165) is 9.37 Å². The summed E-state index contributed by atoms with van der Waals surface area (Å²) in [6.45, 7) is 1.41. The molecule has 2 N–H and O–H groups in total. The Hall–Kier alpha value is -2.84. The number of nitrogens with zero attached hydrogens (tertiary/aromatic N) is 1. The van der Waals surface area contributed by atoms with Crippen LogP contribution in [0.15, 0.2) is 84.6 Å². The number of furan rings is 1. The van der Waals surface area contributed by atoms with Crippen LogP contribution in [0.2, 0.25) is 0 Å². The molecule has 28 heavy (non-hydrogen) atoms. The van der Waals surface area contributed by atoms with E-state index in [4.69, 9.17) is 4.42 Å². The summed E-state index contributed by atoms with van der Waals surface area (Å²) in [5.74, 6) is -0.103. The van der Waals surface area contributed by atoms with Crippen LogP contribution in [0.25, 0.3) is 0 Å². The topological polar surface area (TPSA) is 83.7 Å². The highest BCUT2D eigenvalue weighted by atomic mass is 79.9. The van der Waals surface area contributed by atoms with Gasteiger partial charge in [0, 0.05) is 29.1 Å². The summed E-state index contributed by atoms with van der Waals surface area (Å²) in [7, 11) is 0. The van der Waals surface area contributed by atoms with E-state index < -0.39 is 5.91 Å². The number of hydrazone groups is 1. The van der Waals surface area contributed by atoms with Crippen LogP contribution >= 0.6 is 27.7 Å². The fourth-order valence-corrected chi connectivity index (χ4v) is 3.61. The first kappa shape index (κ1) is 19.9. The first-order valence-electron chi connectivity index (χ1n) is 8.24. The Morgan fingerprint density at radius 2 is 1.89 bits per heavy atom. The van der Waals surface area contributed by atoms with Crippen LogP contribution < -0.4 is 10.7 Å². The van der Waals surface area contributed by atoms with Crippen molar-refractivity contribution >= 4 is 51.4 Å². The molecule has 0 spiro atoms. The summed E-state index contributed by atoms with van der Waals surface area (Å²) in [6.07, 6.45) is 1.43. The number of amides is 2. The Morgan fingerprint density at radius 3 is 2.64 bits per heavy atom. The van der Waals surface area contributed by atoms with E-state index in [-0.39, 0.29) is 5.91 Å². The fourth-order valence-electron chi connectivity index (χ4n) is 2.26. The average molecular weight is 458 g/mol. The lowest BCUT2D eigenvalue weighted by Crippen LogP contribution is -2.18. The van der Waals surface area contributed by atoms with E-state index in [1.54, 1.807) is 30.3 Å². The molecule has 142 valence electrons. The van der Waals surface area contributed by atoms with Crippen molar-refractivity contribution in [1.82, 2.24) is 5.43 Å². The van der Waals surface area contributed by atoms with Crippen molar-refractivity contribution in [1.29, 1.82) is 0 Å². The minimum Gasteiger partial charge on any atom is -0.447 e. The van der Waals surface area contributed by atoms with Crippen molar-refractivity contribution in [3.8, 4) is 0 Å². The molecule has 3 aromatic rings. The standard InChI is InChI=1S/C20H16BrN3O3S/c1-13(25)23-15-7-5-6-14(10-15)19(26)24-22-12-16-11-18(21)20(27-16)28-17-8-3-2-4-9-17/h2-12H,1H3,(H,23,25)(H,24,26)/b22-12-. The predicted molar refractivity (Wildman–Crippen MR) is 113 cm³/mol. The molecule has 0 bridgehead atoms. The van der Waals surface area contributed by atoms with Gasteiger partial charge in [0.15, 0.2) is 5.09 Å². The maximum Gasteiger partial charge on any atom is 0.271 e. The fraction of sp³-hybridized carbons (Fsp3) is 0.0500. The number of hydrogen-bond donors (Lipinski definition) is 2. The van der Waals surface area contributed by atoms with Crippen LogP contribution in [-0.4, -0.2) is 18.0 Å². The van der Waals surface area contributed by atoms with E-state index in [2.05, 4.69) is 31.8 Å². The second-order valence-electron chi connectivity index (χ2n) is 5.66. The molecule has 3 rings (SSSR count). The van der Waals surface area contributed by atoms with E-state index in [9.17, 15) is 9.59 Å². The number of carbonyl (C=O) groups is 2. The highest BCUT2D eigenvalue weighted by molar-refractivity contribution is 9.10. The van der Waals surface area contributed by atoms with Crippen LogP contribution in [0, 0.1) is 0 Å². The average Bonchev–Trinajstić information content (AvgIpc) is 3.01. The van der Waals surface area contributed by atoms with Crippen LogP contribution in [0.4, 0.5) is 5.69 Å². The summed E-state index contributed by atoms with van der Waals surface area (Å²) < 4.78 is 6.54. The predicted octanol–water partition coefficient (Wildman–Crippen LogP) is 4.92. The van der Waals surface area contributed by atoms with Gasteiger partial charge in [-0.15, -0.1) is 0 Å². The molecule has 8 heteroatoms. The van der Waals surface area contributed by atoms with Crippen molar-refractivity contribution in [2.75, 3.05) is 5.32 Å². The normalized spacial score (nSPS) is 10.8. The molecular weight excluding hydrogens is 442 g/mol. The van der Waals surface area contributed by atoms with Gasteiger partial charge in [0.05, 0.1) is 10.7 Å². The van der Waals surface area contributed by atoms with Gasteiger partial charge in [-0.05, 0) is 46.3 Å². The molecule has 2 amide bonds. The molecule has 0 saturated carbocycles. The summed E-state index contributed by atoms with van der Waals surface area (Å²) in [5, 5.41) is 7.26. The van der Waals surface area contributed by atoms with Crippen molar-refractivity contribution in [2.24, 2.45) is 5.10 Å². The summed E-state index contributed by atoms with van der Waals surface area (Å²) in [6, 6.07) is 18.2. The molecule has 0 aliphatic rings. The van der Waals surface area contributed by atoms with Crippen molar-refractivity contribution in [3.05, 3.63) is 76.5 Å². The minimum atomic E-state index is -0.395. The van der Waals surface area contributed by atoms with Gasteiger partial charge in [-0.25, -0.2) is 5.43 Å². The Bertz CT molecular complexity index is 1020. The van der Waals surface area contributed by atoms with E-state index in [1.165, 1.54) is 24.9 Å². The smallest absolute Gasteiger partial charge is 0.271 e. The number of rotatable bonds is 6. The molecule has 0 atom stereocenters. The molecule has 1 aromatic heterocycles. The second-order valence-corrected chi connectivity index (χ2v) is 7.56. The van der Waals surface area contributed by atoms with Gasteiger partial charge < -0.3 is 9.73 Å². The van der Waals surface area contributed by atoms with Gasteiger partial charge in [-0.3, -0.25) is 9.59 Å². The van der Waals surface area contributed by atoms with E-state index in [1.807, 2.05) is 30.3 Å². The maximum absolute atomic E-state index is 12.2. The summed E-state index contributed by atoms with van der Waals surface area (Å²) in [5.41, 5.74) is 3.36. The Kier molecular flexibility index (Phi) is 6.67. The Balaban J connectivity index is 1.62. The minimum absolute atomic E-state index is 0.205. The molecule has 0 radical (unpaired) electrons. The van der Waals surface area contributed by atoms with Gasteiger partial charge in [0.25, 0.3) is 5.91 Å². The molecular formula is C20H16BrN3O3S. The zero-order valence-corrected chi connectivity index (χ0v) is 17.2. The SMILES string of the molecule is CC(=O)Nc1cccc(C(=O)N/N=C\c2cc(Br)c(Sc3ccccc3)o2)c1. The zero-order valence-electron chi connectivity index (χ0n) is 14.8. The molecule has 0 aliphatic heterocycles. The number of nitrogens with one attached hydrogen (secondary N) is 2. The van der Waals surface area contributed by atoms with Crippen LogP contribution in [-0.2, 0) is 4.79 Å². The zero-order chi connectivity index (χ0) is 19.9. The van der Waals surface area contributed by atoms with Crippen LogP contribution in [0.5, 0.6) is 0 Å². The molecule has 0 fully saturated rings. The first-order valence-corrected chi connectivity index (χ1v) is 9.85. The van der Waals surface area contributed by atoms with Crippen LogP contribution in [0.1, 0.15) is 23.0 Å². The third-order valence-electron chi connectivity index (χ3n) is 3.43. The maximum atomic E-state index is 12.2. The van der Waals surface area contributed by atoms with Crippen molar-refractivity contribution in [3.63, 3.8) is 0 Å². The largest absolute Gasteiger partial charge is 0.447 e. The highest BCUT2D eigenvalue weighted by Crippen LogP contribution is 2.35. The molecule has 0 unspecified atom stereocenters. The van der Waals surface area contributed by atoms with Crippen molar-refractivity contribution in [2.45, 2.75) is 16.9 Å². The lowest BCUT2D eigenvalue weighted by Gasteiger charge is -2.04. The first-order chi connectivity index (χ1) is 13.5. The number of anilines is 1. The summed E-state index contributed by atoms with van der Waals surface area (Å²) >= 11 is 4.94. The molecule has 0 saturated heterocycles. The molecule has 2 aromatic carbocycles. The molecule has 1 heterocycles. The second kappa shape index (κ2) is 9.38. The lowest BCUT2D eigenvalue weighted by atomic mass is 10.2. The number of halogens is 1. The Labute approximate surface area is 174 Å². The van der Waals surface area contributed by atoms with Gasteiger partial charge in [0.1, 0.15) is 5.76 Å². The molecule has 0 aliphatic carbocycles. The molecule has 6 nitrogen and oxygen atoms in total. The van der Waals surface area contributed by atoms with E-state index in [0.29, 0.717) is 22.1 Å². The van der Waals surface area contributed by atoms with Gasteiger partial charge in [-0.2, -0.15) is 5.10 Å². The van der Waals surface area contributed by atoms with Gasteiger partial charge in [0.2, 0.25) is 5.91 Å². The summed E-state index contributed by atoms with van der Waals surface area (Å²) in [4.78, 5) is 24.4. The number of hydrogen-bond acceptors (Lipinski definition) is 5. The number of benzene rings is 2. The number of carbonyl (C=O) groups excluding carboxylic acids is 2. The van der Waals surface area contributed by atoms with Crippen LogP contribution in [0.3, 0.4) is 0 Å². The lowest BCUT2D eigenvalue weighted by molar-refractivity contribution is -0.114. The van der Waals surface area contributed by atoms with Gasteiger partial charge >= 0.3 is 0 Å². The van der Waals surface area contributed by atoms with Gasteiger partial charge in [-0.1, -0.05) is 36.0 Å². The Morgan fingerprint density at radius 1 is 1.11 bits per heavy atom. The quantitative estimate of drug-likeness (QED) is 0.406.